The average molecular weight is 381 g/mol. The predicted molar refractivity (Wildman–Crippen MR) is 90.0 cm³/mol. The maximum absolute atomic E-state index is 5.94. The number of halogens is 1. The molecule has 1 heterocycles. The van der Waals surface area contributed by atoms with Gasteiger partial charge < -0.3 is 15.8 Å². The van der Waals surface area contributed by atoms with Crippen molar-refractivity contribution in [3.8, 4) is 0 Å². The van der Waals surface area contributed by atoms with Crippen LogP contribution in [0, 0.1) is 11.3 Å². The highest BCUT2D eigenvalue weighted by molar-refractivity contribution is 14.0. The Kier molecular flexibility index (Phi) is 7.42. The lowest BCUT2D eigenvalue weighted by molar-refractivity contribution is 0.0173. The molecule has 0 radical (unpaired) electrons. The van der Waals surface area contributed by atoms with Gasteiger partial charge in [-0.2, -0.15) is 0 Å². The number of rotatable bonds is 5. The first-order valence-corrected chi connectivity index (χ1v) is 7.36. The van der Waals surface area contributed by atoms with Gasteiger partial charge in [-0.25, -0.2) is 0 Å². The zero-order chi connectivity index (χ0) is 12.8. The van der Waals surface area contributed by atoms with Crippen LogP contribution >= 0.6 is 24.0 Å². The molecular weight excluding hydrogens is 353 g/mol. The smallest absolute Gasteiger partial charge is 0.188 e. The summed E-state index contributed by atoms with van der Waals surface area (Å²) in [6, 6.07) is 0. The first-order valence-electron chi connectivity index (χ1n) is 7.36. The number of hydrogen-bond donors (Lipinski definition) is 2. The molecule has 2 rings (SSSR count). The van der Waals surface area contributed by atoms with Gasteiger partial charge in [0, 0.05) is 26.3 Å². The van der Waals surface area contributed by atoms with Crippen LogP contribution in [0.1, 0.15) is 45.4 Å². The third-order valence-corrected chi connectivity index (χ3v) is 4.68. The van der Waals surface area contributed by atoms with E-state index in [1.165, 1.54) is 19.3 Å². The molecule has 1 aliphatic carbocycles. The van der Waals surface area contributed by atoms with Crippen molar-refractivity contribution in [1.29, 1.82) is 0 Å². The molecule has 2 aliphatic rings. The zero-order valence-corrected chi connectivity index (χ0v) is 14.3. The largest absolute Gasteiger partial charge is 0.381 e. The Morgan fingerprint density at radius 2 is 2.05 bits per heavy atom. The minimum Gasteiger partial charge on any atom is -0.381 e. The topological polar surface area (TPSA) is 59.6 Å². The van der Waals surface area contributed by atoms with E-state index in [1.54, 1.807) is 0 Å². The Morgan fingerprint density at radius 3 is 2.58 bits per heavy atom. The molecule has 0 aromatic rings. The minimum atomic E-state index is 0. The molecule has 112 valence electrons. The van der Waals surface area contributed by atoms with Crippen LogP contribution in [0.4, 0.5) is 0 Å². The normalized spacial score (nSPS) is 23.3. The molecule has 0 aromatic carbocycles. The summed E-state index contributed by atoms with van der Waals surface area (Å²) in [5.74, 6) is 1.45. The van der Waals surface area contributed by atoms with Gasteiger partial charge in [-0.05, 0) is 43.4 Å². The van der Waals surface area contributed by atoms with Gasteiger partial charge in [0.25, 0.3) is 0 Å². The summed E-state index contributed by atoms with van der Waals surface area (Å²) < 4.78 is 5.44. The lowest BCUT2D eigenvalue weighted by Gasteiger charge is -2.35. The Labute approximate surface area is 134 Å². The first-order chi connectivity index (χ1) is 8.74. The first kappa shape index (κ1) is 17.0. The highest BCUT2D eigenvalue weighted by atomic mass is 127. The van der Waals surface area contributed by atoms with E-state index in [4.69, 9.17) is 10.5 Å². The standard InChI is InChI=1S/C14H27N3O.HI/c1-2-14(6-8-18-9-7-14)11-17-13(15)16-10-12-4-3-5-12;/h12H,2-11H2,1H3,(H3,15,16,17);1H. The fraction of sp³-hybridized carbons (Fsp3) is 0.929. The monoisotopic (exact) mass is 381 g/mol. The summed E-state index contributed by atoms with van der Waals surface area (Å²) in [5.41, 5.74) is 6.26. The molecule has 2 fully saturated rings. The van der Waals surface area contributed by atoms with E-state index in [1.807, 2.05) is 0 Å². The van der Waals surface area contributed by atoms with Gasteiger partial charge >= 0.3 is 0 Å². The van der Waals surface area contributed by atoms with Gasteiger partial charge in [0.1, 0.15) is 0 Å². The number of aliphatic imine (C=N–C) groups is 1. The second kappa shape index (κ2) is 8.29. The molecule has 0 amide bonds. The summed E-state index contributed by atoms with van der Waals surface area (Å²) in [7, 11) is 0. The van der Waals surface area contributed by atoms with Crippen LogP contribution in [0.3, 0.4) is 0 Å². The minimum absolute atomic E-state index is 0. The lowest BCUT2D eigenvalue weighted by atomic mass is 9.78. The molecule has 19 heavy (non-hydrogen) atoms. The van der Waals surface area contributed by atoms with E-state index in [0.717, 1.165) is 51.5 Å². The highest BCUT2D eigenvalue weighted by Gasteiger charge is 2.30. The van der Waals surface area contributed by atoms with Crippen molar-refractivity contribution in [3.05, 3.63) is 0 Å². The number of guanidine groups is 1. The van der Waals surface area contributed by atoms with Crippen LogP contribution in [-0.4, -0.2) is 32.3 Å². The summed E-state index contributed by atoms with van der Waals surface area (Å²) >= 11 is 0. The summed E-state index contributed by atoms with van der Waals surface area (Å²) in [4.78, 5) is 4.55. The molecule has 3 N–H and O–H groups in total. The molecule has 0 aromatic heterocycles. The molecule has 5 heteroatoms. The third-order valence-electron chi connectivity index (χ3n) is 4.68. The second-order valence-electron chi connectivity index (χ2n) is 5.85. The second-order valence-corrected chi connectivity index (χ2v) is 5.85. The van der Waals surface area contributed by atoms with E-state index in [2.05, 4.69) is 17.2 Å². The summed E-state index contributed by atoms with van der Waals surface area (Å²) in [5, 5.41) is 3.26. The van der Waals surface area contributed by atoms with Crippen molar-refractivity contribution in [2.75, 3.05) is 26.3 Å². The Hall–Kier alpha value is -0.0400. The maximum Gasteiger partial charge on any atom is 0.188 e. The van der Waals surface area contributed by atoms with Crippen molar-refractivity contribution in [2.45, 2.75) is 45.4 Å². The predicted octanol–water partition coefficient (Wildman–Crippen LogP) is 2.52. The zero-order valence-electron chi connectivity index (χ0n) is 12.0. The molecule has 0 bridgehead atoms. The van der Waals surface area contributed by atoms with E-state index >= 15 is 0 Å². The van der Waals surface area contributed by atoms with Gasteiger partial charge in [0.15, 0.2) is 5.96 Å². The Bertz CT molecular complexity index is 286. The SMILES string of the molecule is CCC1(CN=C(N)NCC2CCC2)CCOCC1.I. The number of nitrogens with two attached hydrogens (primary N) is 1. The molecule has 0 unspecified atom stereocenters. The van der Waals surface area contributed by atoms with Gasteiger partial charge in [0.05, 0.1) is 0 Å². The number of ether oxygens (including phenoxy) is 1. The van der Waals surface area contributed by atoms with Crippen LogP contribution in [-0.2, 0) is 4.74 Å². The number of hydrogen-bond acceptors (Lipinski definition) is 2. The Morgan fingerprint density at radius 1 is 1.37 bits per heavy atom. The van der Waals surface area contributed by atoms with Crippen molar-refractivity contribution < 1.29 is 4.74 Å². The van der Waals surface area contributed by atoms with Crippen LogP contribution in [0.15, 0.2) is 4.99 Å². The molecule has 1 aliphatic heterocycles. The summed E-state index contributed by atoms with van der Waals surface area (Å²) in [6.07, 6.45) is 7.46. The molecule has 4 nitrogen and oxygen atoms in total. The van der Waals surface area contributed by atoms with E-state index in [9.17, 15) is 0 Å². The quantitative estimate of drug-likeness (QED) is 0.437. The highest BCUT2D eigenvalue weighted by Crippen LogP contribution is 2.34. The van der Waals surface area contributed by atoms with Crippen LogP contribution in [0.5, 0.6) is 0 Å². The van der Waals surface area contributed by atoms with Gasteiger partial charge in [-0.15, -0.1) is 24.0 Å². The van der Waals surface area contributed by atoms with Crippen molar-refractivity contribution in [3.63, 3.8) is 0 Å². The fourth-order valence-corrected chi connectivity index (χ4v) is 2.68. The molecule has 1 saturated carbocycles. The molecule has 0 atom stereocenters. The van der Waals surface area contributed by atoms with Gasteiger partial charge in [0.2, 0.25) is 0 Å². The third kappa shape index (κ3) is 5.10. The lowest BCUT2D eigenvalue weighted by Crippen LogP contribution is -2.39. The van der Waals surface area contributed by atoms with Gasteiger partial charge in [-0.1, -0.05) is 13.3 Å². The van der Waals surface area contributed by atoms with Crippen molar-refractivity contribution >= 4 is 29.9 Å². The van der Waals surface area contributed by atoms with E-state index in [-0.39, 0.29) is 24.0 Å². The van der Waals surface area contributed by atoms with Crippen LogP contribution < -0.4 is 11.1 Å². The number of nitrogens with one attached hydrogen (secondary N) is 1. The number of nitrogens with zero attached hydrogens (tertiary/aromatic N) is 1. The average Bonchev–Trinajstić information content (AvgIpc) is 2.36. The molecule has 0 spiro atoms. The van der Waals surface area contributed by atoms with Crippen LogP contribution in [0.25, 0.3) is 0 Å². The maximum atomic E-state index is 5.94. The van der Waals surface area contributed by atoms with Crippen molar-refractivity contribution in [1.82, 2.24) is 5.32 Å². The van der Waals surface area contributed by atoms with Crippen LogP contribution in [0.2, 0.25) is 0 Å². The Balaban J connectivity index is 0.00000180. The summed E-state index contributed by atoms with van der Waals surface area (Å²) in [6.45, 7) is 5.84. The van der Waals surface area contributed by atoms with Gasteiger partial charge in [-0.3, -0.25) is 4.99 Å². The molecular formula is C14H28IN3O. The van der Waals surface area contributed by atoms with Crippen molar-refractivity contribution in [2.24, 2.45) is 22.1 Å². The fourth-order valence-electron chi connectivity index (χ4n) is 2.68. The van der Waals surface area contributed by atoms with E-state index < -0.39 is 0 Å². The molecule has 1 saturated heterocycles. The van der Waals surface area contributed by atoms with E-state index in [0.29, 0.717) is 11.4 Å².